The molecule has 0 aromatic carbocycles. The molecule has 0 saturated carbocycles. The Morgan fingerprint density at radius 1 is 0.895 bits per heavy atom. The summed E-state index contributed by atoms with van der Waals surface area (Å²) >= 11 is 0. The molecule has 9 heteroatoms. The van der Waals surface area contributed by atoms with Crippen LogP contribution >= 0.6 is 0 Å². The molecule has 0 aromatic heterocycles. The molecule has 2 heterocycles. The van der Waals surface area contributed by atoms with Crippen molar-refractivity contribution in [2.45, 2.75) is 37.8 Å². The van der Waals surface area contributed by atoms with Crippen LogP contribution in [0.5, 0.6) is 0 Å². The quantitative estimate of drug-likeness (QED) is 0.498. The number of hydrogen-bond donors (Lipinski definition) is 2. The molecule has 8 nitrogen and oxygen atoms in total. The molecule has 2 amide bonds. The molecule has 2 aliphatic rings. The van der Waals surface area contributed by atoms with Crippen molar-refractivity contribution < 1.29 is 46.5 Å². The van der Waals surface area contributed by atoms with E-state index in [0.29, 0.717) is 25.7 Å². The van der Waals surface area contributed by atoms with E-state index in [1.54, 1.807) is 0 Å². The normalized spacial score (nSPS) is 24.4. The fourth-order valence-electron chi connectivity index (χ4n) is 1.58. The summed E-state index contributed by atoms with van der Waals surface area (Å²) in [5.74, 6) is -2.80. The second kappa shape index (κ2) is 7.75. The average molecular weight is 320 g/mol. The van der Waals surface area contributed by atoms with Gasteiger partial charge in [0.15, 0.2) is 0 Å². The molecule has 19 heavy (non-hydrogen) atoms. The number of nitrogens with one attached hydrogen (secondary N) is 2. The van der Waals surface area contributed by atoms with Gasteiger partial charge in [-0.05, 0) is 12.8 Å². The summed E-state index contributed by atoms with van der Waals surface area (Å²) < 4.78 is 0. The predicted octanol–water partition coefficient (Wildman–Crippen LogP) is -3.97. The number of carbonyl (C=O) groups excluding carboxylic acids is 4. The van der Waals surface area contributed by atoms with Crippen LogP contribution in [0.4, 0.5) is 0 Å². The second-order valence-electron chi connectivity index (χ2n) is 3.96. The van der Waals surface area contributed by atoms with Gasteiger partial charge in [0.05, 0.1) is 24.0 Å². The first-order valence-corrected chi connectivity index (χ1v) is 5.40. The topological polar surface area (TPSA) is 138 Å². The number of hydrogen-bond acceptors (Lipinski definition) is 6. The van der Waals surface area contributed by atoms with E-state index in [4.69, 9.17) is 0 Å². The Labute approximate surface area is 119 Å². The first-order chi connectivity index (χ1) is 8.40. The molecule has 1 radical (unpaired) electrons. The third-order valence-corrected chi connectivity index (χ3v) is 2.56. The summed E-state index contributed by atoms with van der Waals surface area (Å²) in [5.41, 5.74) is 0. The van der Waals surface area contributed by atoms with Crippen LogP contribution < -0.4 is 20.8 Å². The van der Waals surface area contributed by atoms with E-state index in [1.807, 2.05) is 0 Å². The molecular formula is C10H12CuN2O6. The van der Waals surface area contributed by atoms with Crippen LogP contribution in [0, 0.1) is 0 Å². The molecular weight excluding hydrogens is 308 g/mol. The summed E-state index contributed by atoms with van der Waals surface area (Å²) in [6, 6.07) is -1.50. The van der Waals surface area contributed by atoms with Gasteiger partial charge in [0.1, 0.15) is 0 Å². The van der Waals surface area contributed by atoms with Crippen molar-refractivity contribution in [3.63, 3.8) is 0 Å². The number of rotatable bonds is 2. The molecule has 0 spiro atoms. The zero-order valence-corrected chi connectivity index (χ0v) is 10.7. The van der Waals surface area contributed by atoms with Gasteiger partial charge < -0.3 is 30.4 Å². The second-order valence-corrected chi connectivity index (χ2v) is 3.96. The van der Waals surface area contributed by atoms with Gasteiger partial charge in [-0.3, -0.25) is 9.59 Å². The van der Waals surface area contributed by atoms with Crippen molar-refractivity contribution in [2.75, 3.05) is 0 Å². The van der Waals surface area contributed by atoms with E-state index in [0.717, 1.165) is 0 Å². The zero-order valence-electron chi connectivity index (χ0n) is 9.73. The molecule has 2 saturated heterocycles. The van der Waals surface area contributed by atoms with Crippen LogP contribution in [0.15, 0.2) is 0 Å². The van der Waals surface area contributed by atoms with Gasteiger partial charge in [-0.1, -0.05) is 0 Å². The van der Waals surface area contributed by atoms with E-state index < -0.39 is 24.0 Å². The van der Waals surface area contributed by atoms with Crippen molar-refractivity contribution in [3.05, 3.63) is 0 Å². The first-order valence-electron chi connectivity index (χ1n) is 5.40. The van der Waals surface area contributed by atoms with Crippen molar-refractivity contribution in [1.29, 1.82) is 0 Å². The Bertz CT molecular complexity index is 350. The molecule has 2 atom stereocenters. The summed E-state index contributed by atoms with van der Waals surface area (Å²) in [6.45, 7) is 0. The van der Waals surface area contributed by atoms with Crippen LogP contribution in [0.1, 0.15) is 25.7 Å². The molecule has 0 bridgehead atoms. The Hall–Kier alpha value is -1.60. The van der Waals surface area contributed by atoms with E-state index in [9.17, 15) is 29.4 Å². The van der Waals surface area contributed by atoms with Crippen LogP contribution in [-0.4, -0.2) is 35.8 Å². The summed E-state index contributed by atoms with van der Waals surface area (Å²) in [7, 11) is 0. The van der Waals surface area contributed by atoms with Gasteiger partial charge in [0.25, 0.3) is 0 Å². The zero-order chi connectivity index (χ0) is 13.7. The number of carbonyl (C=O) groups is 4. The van der Waals surface area contributed by atoms with Crippen molar-refractivity contribution in [3.8, 4) is 0 Å². The van der Waals surface area contributed by atoms with Crippen LogP contribution in [-0.2, 0) is 36.2 Å². The van der Waals surface area contributed by atoms with E-state index in [-0.39, 0.29) is 28.9 Å². The van der Waals surface area contributed by atoms with Gasteiger partial charge >= 0.3 is 17.1 Å². The Morgan fingerprint density at radius 2 is 1.21 bits per heavy atom. The minimum Gasteiger partial charge on any atom is -0.548 e. The maximum atomic E-state index is 10.4. The third kappa shape index (κ3) is 5.71. The fraction of sp³-hybridized carbons (Fsp3) is 0.600. The number of aliphatic carboxylic acids is 2. The molecule has 0 aliphatic carbocycles. The minimum absolute atomic E-state index is 0. The number of carboxylic acid groups (broad SMARTS) is 2. The van der Waals surface area contributed by atoms with Gasteiger partial charge in [0, 0.05) is 12.8 Å². The molecule has 2 N–H and O–H groups in total. The third-order valence-electron chi connectivity index (χ3n) is 2.56. The molecule has 2 fully saturated rings. The van der Waals surface area contributed by atoms with E-state index in [1.165, 1.54) is 0 Å². The van der Waals surface area contributed by atoms with Crippen molar-refractivity contribution in [1.82, 2.24) is 10.6 Å². The number of carboxylic acids is 2. The summed E-state index contributed by atoms with van der Waals surface area (Å²) in [5, 5.41) is 24.5. The molecule has 2 aliphatic heterocycles. The maximum Gasteiger partial charge on any atom is 2.00 e. The fourth-order valence-corrected chi connectivity index (χ4v) is 1.58. The largest absolute Gasteiger partial charge is 2.00 e. The van der Waals surface area contributed by atoms with Crippen LogP contribution in [0.2, 0.25) is 0 Å². The predicted molar refractivity (Wildman–Crippen MR) is 52.3 cm³/mol. The summed E-state index contributed by atoms with van der Waals surface area (Å²) in [6.07, 6.45) is 1.33. The Kier molecular flexibility index (Phi) is 7.10. The maximum absolute atomic E-state index is 10.4. The Morgan fingerprint density at radius 3 is 1.32 bits per heavy atom. The van der Waals surface area contributed by atoms with Crippen molar-refractivity contribution in [2.24, 2.45) is 0 Å². The molecule has 2 rings (SSSR count). The van der Waals surface area contributed by atoms with Gasteiger partial charge in [-0.2, -0.15) is 0 Å². The average Bonchev–Trinajstić information content (AvgIpc) is 2.88. The van der Waals surface area contributed by atoms with E-state index in [2.05, 4.69) is 10.6 Å². The molecule has 2 unspecified atom stereocenters. The van der Waals surface area contributed by atoms with Crippen molar-refractivity contribution >= 4 is 23.8 Å². The standard InChI is InChI=1S/2C5H7NO3.Cu/c2*7-4-2-1-3(6-4)5(8)9;/h2*3H,1-2H2,(H,6,7)(H,8,9);/q;;+2/p-2. The van der Waals surface area contributed by atoms with E-state index >= 15 is 0 Å². The van der Waals surface area contributed by atoms with Crippen LogP contribution in [0.25, 0.3) is 0 Å². The number of amides is 2. The monoisotopic (exact) mass is 319 g/mol. The minimum atomic E-state index is -1.19. The SMILES string of the molecule is O=C1CCC(C(=O)[O-])N1.O=C1CCC(C(=O)[O-])N1.[Cu+2]. The molecule has 0 aromatic rings. The Balaban J connectivity index is 0.000000324. The first kappa shape index (κ1) is 17.4. The molecule has 109 valence electrons. The van der Waals surface area contributed by atoms with Gasteiger partial charge in [-0.25, -0.2) is 0 Å². The van der Waals surface area contributed by atoms with Gasteiger partial charge in [-0.15, -0.1) is 0 Å². The summed E-state index contributed by atoms with van der Waals surface area (Å²) in [4.78, 5) is 40.8. The van der Waals surface area contributed by atoms with Gasteiger partial charge in [0.2, 0.25) is 11.8 Å². The van der Waals surface area contributed by atoms with Crippen LogP contribution in [0.3, 0.4) is 0 Å². The smallest absolute Gasteiger partial charge is 0.548 e.